The number of hydrogen-bond acceptors (Lipinski definition) is 5. The van der Waals surface area contributed by atoms with Crippen molar-refractivity contribution < 1.29 is 14.8 Å². The number of aliphatic carboxylic acids is 1. The first-order valence-electron chi connectivity index (χ1n) is 3.46. The molecule has 7 heteroatoms. The number of aromatic nitrogens is 2. The first-order valence-corrected chi connectivity index (χ1v) is 3.46. The van der Waals surface area contributed by atoms with Crippen LogP contribution < -0.4 is 5.11 Å². The SMILES string of the molecule is O=C([O-])CCn1cc([N+](=O)[O-])cn1. The smallest absolute Gasteiger partial charge is 0.306 e. The second-order valence-corrected chi connectivity index (χ2v) is 2.34. The second kappa shape index (κ2) is 3.65. The highest BCUT2D eigenvalue weighted by Crippen LogP contribution is 2.07. The number of nitrogens with zero attached hydrogens (tertiary/aromatic N) is 3. The standard InChI is InChI=1S/C6H7N3O4/c10-6(11)1-2-8-4-5(3-7-8)9(12)13/h3-4H,1-2H2,(H,10,11)/p-1. The van der Waals surface area contributed by atoms with Gasteiger partial charge in [-0.15, -0.1) is 0 Å². The Balaban J connectivity index is 2.59. The summed E-state index contributed by atoms with van der Waals surface area (Å²) in [4.78, 5) is 19.6. The molecular weight excluding hydrogens is 178 g/mol. The molecule has 7 nitrogen and oxygen atoms in total. The average molecular weight is 184 g/mol. The predicted octanol–water partition coefficient (Wildman–Crippen LogP) is -1.07. The molecule has 1 aromatic rings. The molecule has 0 aliphatic heterocycles. The summed E-state index contributed by atoms with van der Waals surface area (Å²) in [6, 6.07) is 0. The number of carbonyl (C=O) groups excluding carboxylic acids is 1. The highest BCUT2D eigenvalue weighted by Gasteiger charge is 2.07. The molecule has 0 radical (unpaired) electrons. The van der Waals surface area contributed by atoms with E-state index in [2.05, 4.69) is 5.10 Å². The number of nitro groups is 1. The van der Waals surface area contributed by atoms with E-state index in [1.54, 1.807) is 0 Å². The quantitative estimate of drug-likeness (QED) is 0.438. The fourth-order valence-corrected chi connectivity index (χ4v) is 0.775. The summed E-state index contributed by atoms with van der Waals surface area (Å²) in [5.74, 6) is -1.21. The highest BCUT2D eigenvalue weighted by molar-refractivity contribution is 5.63. The molecule has 0 fully saturated rings. The van der Waals surface area contributed by atoms with Crippen molar-refractivity contribution in [2.75, 3.05) is 0 Å². The van der Waals surface area contributed by atoms with Crippen molar-refractivity contribution in [3.63, 3.8) is 0 Å². The Bertz CT molecular complexity index is 332. The van der Waals surface area contributed by atoms with Crippen LogP contribution in [0.4, 0.5) is 5.69 Å². The lowest BCUT2D eigenvalue weighted by Crippen LogP contribution is -2.23. The van der Waals surface area contributed by atoms with Crippen molar-refractivity contribution in [1.82, 2.24) is 9.78 Å². The molecule has 0 aliphatic carbocycles. The number of aryl methyl sites for hydroxylation is 1. The molecule has 0 bridgehead atoms. The van der Waals surface area contributed by atoms with Gasteiger partial charge >= 0.3 is 5.69 Å². The molecule has 0 unspecified atom stereocenters. The Morgan fingerprint density at radius 3 is 2.85 bits per heavy atom. The molecular formula is C6H6N3O4-. The van der Waals surface area contributed by atoms with E-state index in [4.69, 9.17) is 0 Å². The molecule has 0 spiro atoms. The van der Waals surface area contributed by atoms with Gasteiger partial charge in [-0.25, -0.2) is 0 Å². The van der Waals surface area contributed by atoms with Gasteiger partial charge in [0.2, 0.25) is 0 Å². The van der Waals surface area contributed by atoms with Gasteiger partial charge in [-0.3, -0.25) is 14.8 Å². The minimum Gasteiger partial charge on any atom is -0.550 e. The topological polar surface area (TPSA) is 101 Å². The van der Waals surface area contributed by atoms with Gasteiger partial charge in [-0.1, -0.05) is 0 Å². The van der Waals surface area contributed by atoms with E-state index >= 15 is 0 Å². The van der Waals surface area contributed by atoms with Crippen molar-refractivity contribution >= 4 is 11.7 Å². The Morgan fingerprint density at radius 2 is 2.38 bits per heavy atom. The third-order valence-electron chi connectivity index (χ3n) is 1.38. The van der Waals surface area contributed by atoms with Crippen LogP contribution in [0.25, 0.3) is 0 Å². The molecule has 0 aliphatic rings. The average Bonchev–Trinajstić information content (AvgIpc) is 2.48. The number of hydrogen-bond donors (Lipinski definition) is 0. The number of carbonyl (C=O) groups is 1. The lowest BCUT2D eigenvalue weighted by molar-refractivity contribution is -0.385. The summed E-state index contributed by atoms with van der Waals surface area (Å²) in [5, 5.41) is 23.8. The zero-order chi connectivity index (χ0) is 9.84. The van der Waals surface area contributed by atoms with Crippen LogP contribution in [0, 0.1) is 10.1 Å². The summed E-state index contributed by atoms with van der Waals surface area (Å²) in [7, 11) is 0. The van der Waals surface area contributed by atoms with Gasteiger partial charge in [0.1, 0.15) is 12.4 Å². The zero-order valence-electron chi connectivity index (χ0n) is 6.54. The van der Waals surface area contributed by atoms with E-state index in [0.717, 1.165) is 6.20 Å². The van der Waals surface area contributed by atoms with Crippen LogP contribution in [0.5, 0.6) is 0 Å². The lowest BCUT2D eigenvalue weighted by Gasteiger charge is -2.00. The summed E-state index contributed by atoms with van der Waals surface area (Å²) >= 11 is 0. The van der Waals surface area contributed by atoms with Gasteiger partial charge in [0, 0.05) is 18.9 Å². The fourth-order valence-electron chi connectivity index (χ4n) is 0.775. The maximum Gasteiger partial charge on any atom is 0.306 e. The monoisotopic (exact) mass is 184 g/mol. The molecule has 0 saturated heterocycles. The summed E-state index contributed by atoms with van der Waals surface area (Å²) in [6.45, 7) is 0.0795. The maximum atomic E-state index is 10.2. The molecule has 0 aromatic carbocycles. The lowest BCUT2D eigenvalue weighted by atomic mass is 10.4. The fraction of sp³-hybridized carbons (Fsp3) is 0.333. The van der Waals surface area contributed by atoms with Gasteiger partial charge < -0.3 is 9.90 Å². The van der Waals surface area contributed by atoms with Crippen LogP contribution in [0.1, 0.15) is 6.42 Å². The largest absolute Gasteiger partial charge is 0.550 e. The van der Waals surface area contributed by atoms with Gasteiger partial charge in [-0.05, 0) is 0 Å². The number of carboxylic acids is 1. The normalized spacial score (nSPS) is 9.85. The van der Waals surface area contributed by atoms with Crippen molar-refractivity contribution in [3.05, 3.63) is 22.5 Å². The highest BCUT2D eigenvalue weighted by atomic mass is 16.6. The van der Waals surface area contributed by atoms with Gasteiger partial charge in [0.15, 0.2) is 0 Å². The number of rotatable bonds is 4. The number of carboxylic acid groups (broad SMARTS) is 1. The molecule has 0 atom stereocenters. The van der Waals surface area contributed by atoms with Crippen molar-refractivity contribution in [2.45, 2.75) is 13.0 Å². The van der Waals surface area contributed by atoms with Gasteiger partial charge in [0.25, 0.3) is 0 Å². The minimum atomic E-state index is -1.21. The molecule has 1 heterocycles. The van der Waals surface area contributed by atoms with E-state index in [9.17, 15) is 20.0 Å². The second-order valence-electron chi connectivity index (χ2n) is 2.34. The van der Waals surface area contributed by atoms with Crippen LogP contribution >= 0.6 is 0 Å². The molecule has 70 valence electrons. The molecule has 0 saturated carbocycles. The van der Waals surface area contributed by atoms with Gasteiger partial charge in [-0.2, -0.15) is 5.10 Å². The minimum absolute atomic E-state index is 0.0795. The summed E-state index contributed by atoms with van der Waals surface area (Å²) in [5.41, 5.74) is -0.154. The summed E-state index contributed by atoms with van der Waals surface area (Å²) in [6.07, 6.45) is 2.02. The predicted molar refractivity (Wildman–Crippen MR) is 38.5 cm³/mol. The molecule has 1 rings (SSSR count). The zero-order valence-corrected chi connectivity index (χ0v) is 6.54. The van der Waals surface area contributed by atoms with E-state index in [-0.39, 0.29) is 18.7 Å². The maximum absolute atomic E-state index is 10.2. The van der Waals surface area contributed by atoms with E-state index in [1.165, 1.54) is 10.9 Å². The molecule has 13 heavy (non-hydrogen) atoms. The Hall–Kier alpha value is -1.92. The van der Waals surface area contributed by atoms with Crippen molar-refractivity contribution in [2.24, 2.45) is 0 Å². The van der Waals surface area contributed by atoms with Crippen LogP contribution in [0.3, 0.4) is 0 Å². The third-order valence-corrected chi connectivity index (χ3v) is 1.38. The van der Waals surface area contributed by atoms with Crippen LogP contribution in [-0.4, -0.2) is 20.7 Å². The van der Waals surface area contributed by atoms with Gasteiger partial charge in [0.05, 0.1) is 4.92 Å². The van der Waals surface area contributed by atoms with E-state index in [0.29, 0.717) is 0 Å². The Labute approximate surface area is 72.7 Å². The van der Waals surface area contributed by atoms with Crippen molar-refractivity contribution in [3.8, 4) is 0 Å². The first-order chi connectivity index (χ1) is 6.09. The van der Waals surface area contributed by atoms with Crippen molar-refractivity contribution in [1.29, 1.82) is 0 Å². The summed E-state index contributed by atoms with van der Waals surface area (Å²) < 4.78 is 1.19. The molecule has 1 aromatic heterocycles. The van der Waals surface area contributed by atoms with Crippen LogP contribution in [0.2, 0.25) is 0 Å². The van der Waals surface area contributed by atoms with E-state index in [1.807, 2.05) is 0 Å². The molecule has 0 amide bonds. The Kier molecular flexibility index (Phi) is 2.58. The van der Waals surface area contributed by atoms with Crippen LogP contribution in [-0.2, 0) is 11.3 Å². The first kappa shape index (κ1) is 9.17. The Morgan fingerprint density at radius 1 is 1.69 bits per heavy atom. The van der Waals surface area contributed by atoms with E-state index < -0.39 is 10.9 Å². The van der Waals surface area contributed by atoms with Crippen LogP contribution in [0.15, 0.2) is 12.4 Å². The third kappa shape index (κ3) is 2.55. The molecule has 0 N–H and O–H groups in total.